The fraction of sp³-hybridized carbons (Fsp3) is 0.500. The smallest absolute Gasteiger partial charge is 0.311 e. The highest BCUT2D eigenvalue weighted by Crippen LogP contribution is 2.34. The van der Waals surface area contributed by atoms with Crippen molar-refractivity contribution < 1.29 is 14.7 Å². The van der Waals surface area contributed by atoms with Crippen LogP contribution >= 0.6 is 23.2 Å². The first-order valence-electron chi connectivity index (χ1n) is 6.74. The van der Waals surface area contributed by atoms with Crippen molar-refractivity contribution in [3.8, 4) is 0 Å². The van der Waals surface area contributed by atoms with Gasteiger partial charge in [0.2, 0.25) is 0 Å². The Kier molecular flexibility index (Phi) is 4.74. The molecule has 0 spiro atoms. The predicted molar refractivity (Wildman–Crippen MR) is 79.8 cm³/mol. The molecular weight excluding hydrogens is 315 g/mol. The molecule has 1 aromatic heterocycles. The minimum atomic E-state index is -0.875. The molecule has 1 aliphatic rings. The molecule has 2 heterocycles. The van der Waals surface area contributed by atoms with E-state index in [9.17, 15) is 14.7 Å². The maximum absolute atomic E-state index is 12.5. The summed E-state index contributed by atoms with van der Waals surface area (Å²) in [6, 6.07) is 3.01. The van der Waals surface area contributed by atoms with Crippen LogP contribution in [0.25, 0.3) is 0 Å². The molecule has 0 saturated carbocycles. The number of likely N-dealkylation sites (tertiary alicyclic amines) is 1. The lowest BCUT2D eigenvalue weighted by Crippen LogP contribution is -2.49. The standard InChI is InChI=1S/C14H16Cl2N2O3/c1-2-14(13(20)21)6-3-7-18(8-14)12(19)9-4-5-10(15)17-11(9)16/h4-5H,2-3,6-8H2,1H3,(H,20,21). The molecule has 2 rings (SSSR count). The van der Waals surface area contributed by atoms with Crippen LogP contribution in [0.15, 0.2) is 12.1 Å². The van der Waals surface area contributed by atoms with Crippen molar-refractivity contribution in [1.29, 1.82) is 0 Å². The second-order valence-corrected chi connectivity index (χ2v) is 5.99. The van der Waals surface area contributed by atoms with E-state index in [4.69, 9.17) is 23.2 Å². The number of hydrogen-bond donors (Lipinski definition) is 1. The summed E-state index contributed by atoms with van der Waals surface area (Å²) in [6.07, 6.45) is 1.72. The number of nitrogens with zero attached hydrogens (tertiary/aromatic N) is 2. The molecule has 1 amide bonds. The summed E-state index contributed by atoms with van der Waals surface area (Å²) in [7, 11) is 0. The fourth-order valence-electron chi connectivity index (χ4n) is 2.66. The summed E-state index contributed by atoms with van der Waals surface area (Å²) in [4.78, 5) is 29.4. The van der Waals surface area contributed by atoms with Crippen LogP contribution in [0.1, 0.15) is 36.5 Å². The van der Waals surface area contributed by atoms with Crippen LogP contribution in [-0.4, -0.2) is 40.0 Å². The molecule has 7 heteroatoms. The highest BCUT2D eigenvalue weighted by Gasteiger charge is 2.42. The lowest BCUT2D eigenvalue weighted by molar-refractivity contribution is -0.152. The fourth-order valence-corrected chi connectivity index (χ4v) is 3.09. The third-order valence-electron chi connectivity index (χ3n) is 4.04. The third kappa shape index (κ3) is 3.14. The molecule has 0 bridgehead atoms. The van der Waals surface area contributed by atoms with E-state index in [1.54, 1.807) is 0 Å². The van der Waals surface area contributed by atoms with E-state index in [-0.39, 0.29) is 28.3 Å². The zero-order valence-electron chi connectivity index (χ0n) is 11.6. The molecule has 1 aromatic rings. The van der Waals surface area contributed by atoms with Crippen LogP contribution in [0.4, 0.5) is 0 Å². The van der Waals surface area contributed by atoms with Crippen molar-refractivity contribution in [1.82, 2.24) is 9.88 Å². The van der Waals surface area contributed by atoms with E-state index in [0.29, 0.717) is 25.8 Å². The zero-order chi connectivity index (χ0) is 15.6. The highest BCUT2D eigenvalue weighted by molar-refractivity contribution is 6.34. The van der Waals surface area contributed by atoms with Gasteiger partial charge in [0.05, 0.1) is 11.0 Å². The zero-order valence-corrected chi connectivity index (χ0v) is 13.1. The summed E-state index contributed by atoms with van der Waals surface area (Å²) >= 11 is 11.7. The average Bonchev–Trinajstić information content (AvgIpc) is 2.46. The Morgan fingerprint density at radius 2 is 2.14 bits per heavy atom. The van der Waals surface area contributed by atoms with Crippen LogP contribution in [0.5, 0.6) is 0 Å². The highest BCUT2D eigenvalue weighted by atomic mass is 35.5. The van der Waals surface area contributed by atoms with Crippen LogP contribution in [0.2, 0.25) is 10.3 Å². The van der Waals surface area contributed by atoms with Crippen LogP contribution < -0.4 is 0 Å². The number of carboxylic acid groups (broad SMARTS) is 1. The minimum Gasteiger partial charge on any atom is -0.481 e. The molecule has 1 N–H and O–H groups in total. The number of hydrogen-bond acceptors (Lipinski definition) is 3. The normalized spacial score (nSPS) is 22.1. The van der Waals surface area contributed by atoms with Crippen molar-refractivity contribution in [3.63, 3.8) is 0 Å². The molecular formula is C14H16Cl2N2O3. The van der Waals surface area contributed by atoms with Gasteiger partial charge in [0.25, 0.3) is 5.91 Å². The Balaban J connectivity index is 2.25. The van der Waals surface area contributed by atoms with Gasteiger partial charge in [-0.2, -0.15) is 0 Å². The van der Waals surface area contributed by atoms with Gasteiger partial charge in [-0.05, 0) is 31.4 Å². The molecule has 0 radical (unpaired) electrons. The Morgan fingerprint density at radius 1 is 1.43 bits per heavy atom. The summed E-state index contributed by atoms with van der Waals surface area (Å²) in [6.45, 7) is 2.54. The van der Waals surface area contributed by atoms with Gasteiger partial charge in [0.15, 0.2) is 0 Å². The van der Waals surface area contributed by atoms with Crippen LogP contribution in [0.3, 0.4) is 0 Å². The second-order valence-electron chi connectivity index (χ2n) is 5.24. The number of aromatic nitrogens is 1. The van der Waals surface area contributed by atoms with Crippen LogP contribution in [-0.2, 0) is 4.79 Å². The van der Waals surface area contributed by atoms with Gasteiger partial charge >= 0.3 is 5.97 Å². The average molecular weight is 331 g/mol. The molecule has 0 aromatic carbocycles. The second kappa shape index (κ2) is 6.20. The SMILES string of the molecule is CCC1(C(=O)O)CCCN(C(=O)c2ccc(Cl)nc2Cl)C1. The Labute approximate surface area is 132 Å². The molecule has 0 aliphatic carbocycles. The van der Waals surface area contributed by atoms with Gasteiger partial charge in [-0.15, -0.1) is 0 Å². The van der Waals surface area contributed by atoms with Crippen molar-refractivity contribution in [2.45, 2.75) is 26.2 Å². The number of aliphatic carboxylic acids is 1. The quantitative estimate of drug-likeness (QED) is 0.864. The van der Waals surface area contributed by atoms with E-state index in [2.05, 4.69) is 4.98 Å². The van der Waals surface area contributed by atoms with Gasteiger partial charge < -0.3 is 10.0 Å². The third-order valence-corrected chi connectivity index (χ3v) is 4.54. The summed E-state index contributed by atoms with van der Waals surface area (Å²) in [5.74, 6) is -1.16. The summed E-state index contributed by atoms with van der Waals surface area (Å²) in [5.41, 5.74) is -0.626. The van der Waals surface area contributed by atoms with Crippen LogP contribution in [0, 0.1) is 5.41 Å². The minimum absolute atomic E-state index is 0.0375. The topological polar surface area (TPSA) is 70.5 Å². The summed E-state index contributed by atoms with van der Waals surface area (Å²) < 4.78 is 0. The first-order valence-corrected chi connectivity index (χ1v) is 7.50. The number of halogens is 2. The Morgan fingerprint density at radius 3 is 2.71 bits per heavy atom. The van der Waals surface area contributed by atoms with Gasteiger partial charge in [0.1, 0.15) is 10.3 Å². The van der Waals surface area contributed by atoms with Gasteiger partial charge in [-0.25, -0.2) is 4.98 Å². The molecule has 5 nitrogen and oxygen atoms in total. The number of piperidine rings is 1. The van der Waals surface area contributed by atoms with E-state index in [1.807, 2.05) is 6.92 Å². The van der Waals surface area contributed by atoms with E-state index >= 15 is 0 Å². The monoisotopic (exact) mass is 330 g/mol. The molecule has 21 heavy (non-hydrogen) atoms. The molecule has 1 saturated heterocycles. The first kappa shape index (κ1) is 16.0. The number of amides is 1. The molecule has 1 atom stereocenters. The number of rotatable bonds is 3. The molecule has 1 fully saturated rings. The van der Waals surface area contributed by atoms with Crippen molar-refractivity contribution in [2.75, 3.05) is 13.1 Å². The number of carboxylic acids is 1. The Bertz CT molecular complexity index is 579. The van der Waals surface area contributed by atoms with E-state index in [0.717, 1.165) is 0 Å². The van der Waals surface area contributed by atoms with Crippen molar-refractivity contribution >= 4 is 35.1 Å². The van der Waals surface area contributed by atoms with E-state index < -0.39 is 11.4 Å². The number of carbonyl (C=O) groups excluding carboxylic acids is 1. The molecule has 114 valence electrons. The van der Waals surface area contributed by atoms with Gasteiger partial charge in [-0.3, -0.25) is 9.59 Å². The van der Waals surface area contributed by atoms with E-state index in [1.165, 1.54) is 17.0 Å². The van der Waals surface area contributed by atoms with Gasteiger partial charge in [0, 0.05) is 13.1 Å². The summed E-state index contributed by atoms with van der Waals surface area (Å²) in [5, 5.41) is 9.71. The maximum Gasteiger partial charge on any atom is 0.311 e. The lowest BCUT2D eigenvalue weighted by Gasteiger charge is -2.39. The maximum atomic E-state index is 12.5. The molecule has 1 unspecified atom stereocenters. The predicted octanol–water partition coefficient (Wildman–Crippen LogP) is 3.11. The van der Waals surface area contributed by atoms with Crippen molar-refractivity contribution in [3.05, 3.63) is 28.0 Å². The lowest BCUT2D eigenvalue weighted by atomic mass is 9.77. The number of carbonyl (C=O) groups is 2. The number of pyridine rings is 1. The first-order chi connectivity index (χ1) is 9.89. The largest absolute Gasteiger partial charge is 0.481 e. The van der Waals surface area contributed by atoms with Gasteiger partial charge in [-0.1, -0.05) is 30.1 Å². The van der Waals surface area contributed by atoms with Crippen molar-refractivity contribution in [2.24, 2.45) is 5.41 Å². The Hall–Kier alpha value is -1.33. The molecule has 1 aliphatic heterocycles.